The van der Waals surface area contributed by atoms with Crippen molar-refractivity contribution in [2.45, 2.75) is 19.4 Å². The van der Waals surface area contributed by atoms with E-state index in [9.17, 15) is 9.59 Å². The van der Waals surface area contributed by atoms with Crippen molar-refractivity contribution in [1.82, 2.24) is 10.9 Å². The zero-order chi connectivity index (χ0) is 23.6. The van der Waals surface area contributed by atoms with Crippen LogP contribution in [0.4, 0.5) is 0 Å². The summed E-state index contributed by atoms with van der Waals surface area (Å²) in [6.07, 6.45) is 0.662. The molecule has 2 N–H and O–H groups in total. The number of hydrogen-bond acceptors (Lipinski definition) is 5. The highest BCUT2D eigenvalue weighted by Gasteiger charge is 2.09. The standard InChI is InChI=1S/C25H25ClN2O5/c1-31-22-13-18(14-23(15-22)32-2)5-12-24(29)27-28-25(30)19-6-3-17(4-7-19)16-33-21-10-8-20(26)9-11-21/h3-4,6-11,13-15H,5,12,16H2,1-2H3,(H,27,29)(H,28,30). The van der Waals surface area contributed by atoms with Crippen molar-refractivity contribution in [2.75, 3.05) is 14.2 Å². The molecule has 0 radical (unpaired) electrons. The Hall–Kier alpha value is -3.71. The van der Waals surface area contributed by atoms with Gasteiger partial charge in [-0.25, -0.2) is 0 Å². The van der Waals surface area contributed by atoms with Gasteiger partial charge < -0.3 is 14.2 Å². The first-order valence-electron chi connectivity index (χ1n) is 10.3. The first kappa shape index (κ1) is 23.9. The molecule has 0 heterocycles. The summed E-state index contributed by atoms with van der Waals surface area (Å²) in [6.45, 7) is 0.356. The van der Waals surface area contributed by atoms with Crippen LogP contribution >= 0.6 is 11.6 Å². The molecule has 0 atom stereocenters. The van der Waals surface area contributed by atoms with Crippen molar-refractivity contribution in [2.24, 2.45) is 0 Å². The predicted molar refractivity (Wildman–Crippen MR) is 126 cm³/mol. The molecule has 0 bridgehead atoms. The molecule has 7 nitrogen and oxygen atoms in total. The van der Waals surface area contributed by atoms with Gasteiger partial charge in [0.05, 0.1) is 14.2 Å². The van der Waals surface area contributed by atoms with E-state index in [4.69, 9.17) is 25.8 Å². The Morgan fingerprint density at radius 1 is 0.788 bits per heavy atom. The van der Waals surface area contributed by atoms with Crippen molar-refractivity contribution in [3.05, 3.63) is 88.4 Å². The molecule has 8 heteroatoms. The number of amides is 2. The van der Waals surface area contributed by atoms with E-state index in [2.05, 4.69) is 10.9 Å². The first-order valence-corrected chi connectivity index (χ1v) is 10.6. The highest BCUT2D eigenvalue weighted by molar-refractivity contribution is 6.30. The molecule has 3 aromatic rings. The Kier molecular flexibility index (Phi) is 8.55. The molecule has 0 fully saturated rings. The van der Waals surface area contributed by atoms with Crippen LogP contribution in [0.2, 0.25) is 5.02 Å². The number of methoxy groups -OCH3 is 2. The fraction of sp³-hybridized carbons (Fsp3) is 0.200. The van der Waals surface area contributed by atoms with Crippen LogP contribution in [0, 0.1) is 0 Å². The summed E-state index contributed by atoms with van der Waals surface area (Å²) >= 11 is 5.86. The maximum Gasteiger partial charge on any atom is 0.269 e. The first-order chi connectivity index (χ1) is 16.0. The number of benzene rings is 3. The van der Waals surface area contributed by atoms with E-state index in [1.165, 1.54) is 0 Å². The maximum atomic E-state index is 12.3. The number of ether oxygens (including phenoxy) is 3. The van der Waals surface area contributed by atoms with E-state index in [-0.39, 0.29) is 12.3 Å². The molecule has 3 rings (SSSR count). The van der Waals surface area contributed by atoms with Crippen molar-refractivity contribution < 1.29 is 23.8 Å². The van der Waals surface area contributed by atoms with Crippen LogP contribution in [0.1, 0.15) is 27.9 Å². The van der Waals surface area contributed by atoms with Gasteiger partial charge in [-0.1, -0.05) is 23.7 Å². The second kappa shape index (κ2) is 11.8. The van der Waals surface area contributed by atoms with Crippen molar-refractivity contribution >= 4 is 23.4 Å². The molecule has 0 saturated carbocycles. The Bertz CT molecular complexity index is 1060. The van der Waals surface area contributed by atoms with Gasteiger partial charge in [0, 0.05) is 23.1 Å². The molecule has 0 aliphatic rings. The molecule has 0 saturated heterocycles. The van der Waals surface area contributed by atoms with Gasteiger partial charge in [0.1, 0.15) is 23.9 Å². The van der Waals surface area contributed by atoms with E-state index in [1.807, 2.05) is 12.1 Å². The molecule has 172 valence electrons. The fourth-order valence-electron chi connectivity index (χ4n) is 2.98. The molecule has 0 aliphatic carbocycles. The number of halogens is 1. The second-order valence-corrected chi connectivity index (χ2v) is 7.60. The summed E-state index contributed by atoms with van der Waals surface area (Å²) in [5.74, 6) is 1.30. The fourth-order valence-corrected chi connectivity index (χ4v) is 3.11. The zero-order valence-corrected chi connectivity index (χ0v) is 19.1. The molecule has 2 amide bonds. The van der Waals surface area contributed by atoms with E-state index in [0.717, 1.165) is 11.1 Å². The summed E-state index contributed by atoms with van der Waals surface area (Å²) in [7, 11) is 3.14. The Labute approximate surface area is 197 Å². The van der Waals surface area contributed by atoms with Gasteiger partial charge in [0.15, 0.2) is 0 Å². The molecule has 3 aromatic carbocycles. The van der Waals surface area contributed by atoms with Crippen LogP contribution in [0.25, 0.3) is 0 Å². The molecular weight excluding hydrogens is 444 g/mol. The van der Waals surface area contributed by atoms with Crippen LogP contribution < -0.4 is 25.1 Å². The Morgan fingerprint density at radius 2 is 1.42 bits per heavy atom. The Morgan fingerprint density at radius 3 is 2.03 bits per heavy atom. The molecular formula is C25H25ClN2O5. The van der Waals surface area contributed by atoms with Crippen LogP contribution in [-0.2, 0) is 17.8 Å². The minimum Gasteiger partial charge on any atom is -0.497 e. The lowest BCUT2D eigenvalue weighted by Gasteiger charge is -2.10. The zero-order valence-electron chi connectivity index (χ0n) is 18.4. The molecule has 0 aromatic heterocycles. The highest BCUT2D eigenvalue weighted by atomic mass is 35.5. The smallest absolute Gasteiger partial charge is 0.269 e. The van der Waals surface area contributed by atoms with E-state index < -0.39 is 5.91 Å². The van der Waals surface area contributed by atoms with Gasteiger partial charge in [-0.2, -0.15) is 0 Å². The lowest BCUT2D eigenvalue weighted by atomic mass is 10.1. The second-order valence-electron chi connectivity index (χ2n) is 7.16. The number of rotatable bonds is 9. The summed E-state index contributed by atoms with van der Waals surface area (Å²) in [6, 6.07) is 19.5. The lowest BCUT2D eigenvalue weighted by molar-refractivity contribution is -0.121. The molecule has 0 spiro atoms. The van der Waals surface area contributed by atoms with Crippen molar-refractivity contribution in [3.8, 4) is 17.2 Å². The van der Waals surface area contributed by atoms with E-state index in [1.54, 1.807) is 68.8 Å². The third-order valence-electron chi connectivity index (χ3n) is 4.80. The number of nitrogens with one attached hydrogen (secondary N) is 2. The summed E-state index contributed by atoms with van der Waals surface area (Å²) in [4.78, 5) is 24.5. The number of carbonyl (C=O) groups is 2. The van der Waals surface area contributed by atoms with Gasteiger partial charge in [0.25, 0.3) is 5.91 Å². The quantitative estimate of drug-likeness (QED) is 0.456. The van der Waals surface area contributed by atoms with Crippen LogP contribution in [0.3, 0.4) is 0 Å². The van der Waals surface area contributed by atoms with Crippen LogP contribution in [0.15, 0.2) is 66.7 Å². The normalized spacial score (nSPS) is 10.3. The van der Waals surface area contributed by atoms with Gasteiger partial charge in [-0.15, -0.1) is 0 Å². The largest absolute Gasteiger partial charge is 0.497 e. The minimum atomic E-state index is -0.406. The Balaban J connectivity index is 1.44. The van der Waals surface area contributed by atoms with Crippen LogP contribution in [-0.4, -0.2) is 26.0 Å². The van der Waals surface area contributed by atoms with Crippen molar-refractivity contribution in [1.29, 1.82) is 0 Å². The van der Waals surface area contributed by atoms with Crippen molar-refractivity contribution in [3.63, 3.8) is 0 Å². The van der Waals surface area contributed by atoms with E-state index >= 15 is 0 Å². The average molecular weight is 469 g/mol. The number of aryl methyl sites for hydroxylation is 1. The highest BCUT2D eigenvalue weighted by Crippen LogP contribution is 2.23. The average Bonchev–Trinajstić information content (AvgIpc) is 2.85. The van der Waals surface area contributed by atoms with Gasteiger partial charge >= 0.3 is 0 Å². The van der Waals surface area contributed by atoms with Gasteiger partial charge in [0.2, 0.25) is 5.91 Å². The summed E-state index contributed by atoms with van der Waals surface area (Å²) < 4.78 is 16.2. The predicted octanol–water partition coefficient (Wildman–Crippen LogP) is 4.33. The van der Waals surface area contributed by atoms with Crippen LogP contribution in [0.5, 0.6) is 17.2 Å². The third kappa shape index (κ3) is 7.43. The number of hydrogen-bond donors (Lipinski definition) is 2. The topological polar surface area (TPSA) is 85.9 Å². The monoisotopic (exact) mass is 468 g/mol. The van der Waals surface area contributed by atoms with E-state index in [0.29, 0.717) is 40.9 Å². The summed E-state index contributed by atoms with van der Waals surface area (Å²) in [5, 5.41) is 0.644. The number of hydrazine groups is 1. The SMILES string of the molecule is COc1cc(CCC(=O)NNC(=O)c2ccc(COc3ccc(Cl)cc3)cc2)cc(OC)c1. The third-order valence-corrected chi connectivity index (χ3v) is 5.05. The molecule has 0 unspecified atom stereocenters. The lowest BCUT2D eigenvalue weighted by Crippen LogP contribution is -2.41. The number of carbonyl (C=O) groups excluding carboxylic acids is 2. The molecule has 33 heavy (non-hydrogen) atoms. The van der Waals surface area contributed by atoms with Gasteiger partial charge in [-0.05, 0) is 66.1 Å². The molecule has 0 aliphatic heterocycles. The minimum absolute atomic E-state index is 0.192. The maximum absolute atomic E-state index is 12.3. The van der Waals surface area contributed by atoms with Gasteiger partial charge in [-0.3, -0.25) is 20.4 Å². The summed E-state index contributed by atoms with van der Waals surface area (Å²) in [5.41, 5.74) is 7.08.